The summed E-state index contributed by atoms with van der Waals surface area (Å²) in [7, 11) is 0. The zero-order valence-electron chi connectivity index (χ0n) is 16.2. The van der Waals surface area contributed by atoms with Gasteiger partial charge in [-0.3, -0.25) is 0 Å². The molecule has 0 atom stereocenters. The van der Waals surface area contributed by atoms with E-state index in [-0.39, 0.29) is 0 Å². The van der Waals surface area contributed by atoms with E-state index in [4.69, 9.17) is 0 Å². The molecule has 0 N–H and O–H groups in total. The second-order valence-electron chi connectivity index (χ2n) is 7.75. The number of unbranched alkanes of at least 4 members (excludes halogenated alkanes) is 1. The first-order valence-electron chi connectivity index (χ1n) is 10.2. The maximum Gasteiger partial charge on any atom is 0.0366 e. The van der Waals surface area contributed by atoms with Gasteiger partial charge in [-0.05, 0) is 62.7 Å². The molecule has 0 bridgehead atoms. The van der Waals surface area contributed by atoms with Gasteiger partial charge in [0, 0.05) is 25.3 Å². The van der Waals surface area contributed by atoms with Crippen molar-refractivity contribution < 1.29 is 0 Å². The Morgan fingerprint density at radius 1 is 0.833 bits per heavy atom. The third-order valence-corrected chi connectivity index (χ3v) is 5.63. The van der Waals surface area contributed by atoms with Crippen molar-refractivity contribution >= 4 is 5.69 Å². The normalized spacial score (nSPS) is 20.5. The molecule has 2 saturated heterocycles. The van der Waals surface area contributed by atoms with Gasteiger partial charge in [-0.2, -0.15) is 0 Å². The molecule has 1 aromatic carbocycles. The smallest absolute Gasteiger partial charge is 0.0366 e. The standard InChI is InChI=1S/C18H28N2.C4H10/c1-16-7-11-19(12-8-16)15-17-9-13-20(14-10-17)18-5-3-2-4-6-18;1-3-4-2/h2-6,16-17H,7-15H2,1H3;3-4H2,1-2H3. The topological polar surface area (TPSA) is 6.48 Å². The van der Waals surface area contributed by atoms with E-state index in [0.717, 1.165) is 11.8 Å². The molecule has 0 aromatic heterocycles. The number of hydrogen-bond acceptors (Lipinski definition) is 2. The minimum Gasteiger partial charge on any atom is -0.372 e. The summed E-state index contributed by atoms with van der Waals surface area (Å²) in [6.45, 7) is 13.2. The predicted octanol–water partition coefficient (Wildman–Crippen LogP) is 5.44. The lowest BCUT2D eigenvalue weighted by Crippen LogP contribution is -2.41. The van der Waals surface area contributed by atoms with Gasteiger partial charge in [0.15, 0.2) is 0 Å². The van der Waals surface area contributed by atoms with Crippen LogP contribution in [-0.2, 0) is 0 Å². The number of para-hydroxylation sites is 1. The van der Waals surface area contributed by atoms with E-state index in [1.165, 1.54) is 76.9 Å². The first-order valence-corrected chi connectivity index (χ1v) is 10.2. The van der Waals surface area contributed by atoms with Crippen LogP contribution in [0.3, 0.4) is 0 Å². The number of rotatable bonds is 4. The van der Waals surface area contributed by atoms with Crippen LogP contribution in [0.4, 0.5) is 5.69 Å². The summed E-state index contributed by atoms with van der Waals surface area (Å²) >= 11 is 0. The van der Waals surface area contributed by atoms with Crippen molar-refractivity contribution in [2.45, 2.75) is 59.3 Å². The molecule has 0 spiro atoms. The maximum absolute atomic E-state index is 2.71. The highest BCUT2D eigenvalue weighted by Gasteiger charge is 2.23. The molecule has 3 rings (SSSR count). The highest BCUT2D eigenvalue weighted by molar-refractivity contribution is 5.46. The molecule has 2 nitrogen and oxygen atoms in total. The van der Waals surface area contributed by atoms with Gasteiger partial charge in [-0.25, -0.2) is 0 Å². The van der Waals surface area contributed by atoms with Crippen LogP contribution in [-0.4, -0.2) is 37.6 Å². The molecule has 0 radical (unpaired) electrons. The van der Waals surface area contributed by atoms with Gasteiger partial charge in [0.05, 0.1) is 0 Å². The summed E-state index contributed by atoms with van der Waals surface area (Å²) < 4.78 is 0. The molecule has 2 aliphatic heterocycles. The second-order valence-corrected chi connectivity index (χ2v) is 7.75. The van der Waals surface area contributed by atoms with Crippen molar-refractivity contribution in [3.05, 3.63) is 30.3 Å². The molecule has 24 heavy (non-hydrogen) atoms. The van der Waals surface area contributed by atoms with Crippen LogP contribution >= 0.6 is 0 Å². The van der Waals surface area contributed by atoms with Crippen molar-refractivity contribution in [2.24, 2.45) is 11.8 Å². The molecule has 1 aromatic rings. The molecule has 2 heterocycles. The lowest BCUT2D eigenvalue weighted by molar-refractivity contribution is 0.157. The van der Waals surface area contributed by atoms with Crippen LogP contribution in [0.1, 0.15) is 59.3 Å². The van der Waals surface area contributed by atoms with Gasteiger partial charge in [0.1, 0.15) is 0 Å². The van der Waals surface area contributed by atoms with Crippen LogP contribution in [0.15, 0.2) is 30.3 Å². The number of benzene rings is 1. The Labute approximate surface area is 150 Å². The van der Waals surface area contributed by atoms with E-state index in [1.54, 1.807) is 0 Å². The van der Waals surface area contributed by atoms with Crippen molar-refractivity contribution in [1.82, 2.24) is 4.90 Å². The van der Waals surface area contributed by atoms with Crippen molar-refractivity contribution in [2.75, 3.05) is 37.6 Å². The SMILES string of the molecule is CC1CCN(CC2CCN(c3ccccc3)CC2)CC1.CCCC. The molecule has 2 fully saturated rings. The van der Waals surface area contributed by atoms with Gasteiger partial charge in [-0.15, -0.1) is 0 Å². The fourth-order valence-electron chi connectivity index (χ4n) is 3.62. The number of piperidine rings is 2. The number of likely N-dealkylation sites (tertiary alicyclic amines) is 1. The molecule has 0 saturated carbocycles. The summed E-state index contributed by atoms with van der Waals surface area (Å²) in [4.78, 5) is 5.26. The Morgan fingerprint density at radius 3 is 1.96 bits per heavy atom. The first kappa shape index (κ1) is 19.3. The quantitative estimate of drug-likeness (QED) is 0.725. The second kappa shape index (κ2) is 10.8. The van der Waals surface area contributed by atoms with Crippen molar-refractivity contribution in [3.8, 4) is 0 Å². The van der Waals surface area contributed by atoms with Crippen LogP contribution in [0.25, 0.3) is 0 Å². The summed E-state index contributed by atoms with van der Waals surface area (Å²) in [5, 5.41) is 0. The number of nitrogens with zero attached hydrogens (tertiary/aromatic N) is 2. The Kier molecular flexibility index (Phi) is 8.66. The minimum atomic E-state index is 0.920. The highest BCUT2D eigenvalue weighted by Crippen LogP contribution is 2.25. The minimum absolute atomic E-state index is 0.920. The van der Waals surface area contributed by atoms with E-state index < -0.39 is 0 Å². The van der Waals surface area contributed by atoms with Gasteiger partial charge in [0.2, 0.25) is 0 Å². The predicted molar refractivity (Wildman–Crippen MR) is 107 cm³/mol. The molecular formula is C22H38N2. The summed E-state index contributed by atoms with van der Waals surface area (Å²) in [6.07, 6.45) is 8.17. The van der Waals surface area contributed by atoms with Gasteiger partial charge in [0.25, 0.3) is 0 Å². The van der Waals surface area contributed by atoms with Crippen LogP contribution in [0, 0.1) is 11.8 Å². The number of hydrogen-bond donors (Lipinski definition) is 0. The fraction of sp³-hybridized carbons (Fsp3) is 0.727. The Morgan fingerprint density at radius 2 is 1.42 bits per heavy atom. The summed E-state index contributed by atoms with van der Waals surface area (Å²) in [6, 6.07) is 10.9. The van der Waals surface area contributed by atoms with Crippen LogP contribution in [0.2, 0.25) is 0 Å². The molecule has 0 aliphatic carbocycles. The van der Waals surface area contributed by atoms with E-state index in [0.29, 0.717) is 0 Å². The zero-order valence-corrected chi connectivity index (χ0v) is 16.2. The van der Waals surface area contributed by atoms with Crippen LogP contribution in [0.5, 0.6) is 0 Å². The van der Waals surface area contributed by atoms with E-state index >= 15 is 0 Å². The third-order valence-electron chi connectivity index (χ3n) is 5.63. The lowest BCUT2D eigenvalue weighted by atomic mass is 9.93. The van der Waals surface area contributed by atoms with E-state index in [1.807, 2.05) is 0 Å². The average Bonchev–Trinajstić information content (AvgIpc) is 2.65. The van der Waals surface area contributed by atoms with Gasteiger partial charge in [-0.1, -0.05) is 51.8 Å². The largest absolute Gasteiger partial charge is 0.372 e. The number of anilines is 1. The summed E-state index contributed by atoms with van der Waals surface area (Å²) in [5.74, 6) is 1.87. The Hall–Kier alpha value is -1.02. The van der Waals surface area contributed by atoms with Crippen LogP contribution < -0.4 is 4.90 Å². The molecule has 0 unspecified atom stereocenters. The molecule has 136 valence electrons. The molecule has 2 heteroatoms. The maximum atomic E-state index is 2.71. The average molecular weight is 331 g/mol. The third kappa shape index (κ3) is 6.47. The Bertz CT molecular complexity index is 413. The first-order chi connectivity index (χ1) is 11.7. The lowest BCUT2D eigenvalue weighted by Gasteiger charge is -2.38. The van der Waals surface area contributed by atoms with Crippen molar-refractivity contribution in [3.63, 3.8) is 0 Å². The molecule has 0 amide bonds. The van der Waals surface area contributed by atoms with Gasteiger partial charge >= 0.3 is 0 Å². The fourth-order valence-corrected chi connectivity index (χ4v) is 3.62. The molecule has 2 aliphatic rings. The molecular weight excluding hydrogens is 292 g/mol. The summed E-state index contributed by atoms with van der Waals surface area (Å²) in [5.41, 5.74) is 1.40. The highest BCUT2D eigenvalue weighted by atomic mass is 15.2. The van der Waals surface area contributed by atoms with Gasteiger partial charge < -0.3 is 9.80 Å². The Balaban J connectivity index is 0.000000471. The van der Waals surface area contributed by atoms with E-state index in [9.17, 15) is 0 Å². The zero-order chi connectivity index (χ0) is 17.2. The monoisotopic (exact) mass is 330 g/mol. The van der Waals surface area contributed by atoms with E-state index in [2.05, 4.69) is 60.9 Å². The van der Waals surface area contributed by atoms with Crippen molar-refractivity contribution in [1.29, 1.82) is 0 Å².